The van der Waals surface area contributed by atoms with Crippen molar-refractivity contribution in [3.05, 3.63) is 63.3 Å². The summed E-state index contributed by atoms with van der Waals surface area (Å²) in [7, 11) is 0. The van der Waals surface area contributed by atoms with E-state index in [0.29, 0.717) is 5.56 Å². The second-order valence-corrected chi connectivity index (χ2v) is 4.02. The van der Waals surface area contributed by atoms with Crippen molar-refractivity contribution in [3.8, 4) is 0 Å². The Kier molecular flexibility index (Phi) is 3.15. The first kappa shape index (κ1) is 11.7. The molecule has 17 heavy (non-hydrogen) atoms. The van der Waals surface area contributed by atoms with Gasteiger partial charge in [-0.3, -0.25) is 4.79 Å². The maximum atomic E-state index is 13.6. The van der Waals surface area contributed by atoms with Crippen molar-refractivity contribution in [1.82, 2.24) is 4.57 Å². The van der Waals surface area contributed by atoms with Crippen molar-refractivity contribution in [2.24, 2.45) is 0 Å². The number of nitrogen functional groups attached to an aromatic ring is 1. The predicted octanol–water partition coefficient (Wildman–Crippen LogP) is 2.27. The average molecular weight is 253 g/mol. The van der Waals surface area contributed by atoms with Crippen LogP contribution in [0.5, 0.6) is 0 Å². The van der Waals surface area contributed by atoms with Crippen LogP contribution in [-0.4, -0.2) is 4.57 Å². The Bertz CT molecular complexity index is 610. The summed E-state index contributed by atoms with van der Waals surface area (Å²) in [6.07, 6.45) is 1.55. The number of anilines is 1. The van der Waals surface area contributed by atoms with Crippen LogP contribution < -0.4 is 11.3 Å². The summed E-state index contributed by atoms with van der Waals surface area (Å²) in [6.45, 7) is 0.107. The second kappa shape index (κ2) is 4.59. The number of hydrogen-bond acceptors (Lipinski definition) is 2. The van der Waals surface area contributed by atoms with Crippen molar-refractivity contribution in [2.45, 2.75) is 6.54 Å². The van der Waals surface area contributed by atoms with Crippen LogP contribution in [0.3, 0.4) is 0 Å². The molecule has 0 atom stereocenters. The van der Waals surface area contributed by atoms with Crippen LogP contribution in [0.2, 0.25) is 5.02 Å². The molecule has 3 nitrogen and oxygen atoms in total. The zero-order chi connectivity index (χ0) is 12.4. The maximum absolute atomic E-state index is 13.6. The Balaban J connectivity index is 2.42. The summed E-state index contributed by atoms with van der Waals surface area (Å²) in [5, 5.41) is 0.0412. The average Bonchev–Trinajstić information content (AvgIpc) is 2.31. The molecule has 0 unspecified atom stereocenters. The monoisotopic (exact) mass is 252 g/mol. The van der Waals surface area contributed by atoms with E-state index in [0.717, 1.165) is 0 Å². The number of benzene rings is 1. The molecule has 0 spiro atoms. The van der Waals surface area contributed by atoms with Gasteiger partial charge in [0.15, 0.2) is 0 Å². The lowest BCUT2D eigenvalue weighted by Crippen LogP contribution is -2.22. The molecule has 1 aromatic heterocycles. The van der Waals surface area contributed by atoms with Gasteiger partial charge in [0.05, 0.1) is 17.3 Å². The Morgan fingerprint density at radius 2 is 2.06 bits per heavy atom. The van der Waals surface area contributed by atoms with Crippen molar-refractivity contribution < 1.29 is 4.39 Å². The minimum Gasteiger partial charge on any atom is -0.394 e. The van der Waals surface area contributed by atoms with Crippen LogP contribution in [0.4, 0.5) is 10.1 Å². The molecule has 1 heterocycles. The van der Waals surface area contributed by atoms with Crippen LogP contribution in [0.25, 0.3) is 0 Å². The lowest BCUT2D eigenvalue weighted by atomic mass is 10.2. The second-order valence-electron chi connectivity index (χ2n) is 3.61. The fourth-order valence-electron chi connectivity index (χ4n) is 1.53. The van der Waals surface area contributed by atoms with Gasteiger partial charge in [-0.25, -0.2) is 4.39 Å². The number of nitrogens with zero attached hydrogens (tertiary/aromatic N) is 1. The smallest absolute Gasteiger partial charge is 0.273 e. The fraction of sp³-hybridized carbons (Fsp3) is 0.0833. The standard InChI is InChI=1S/C12H10ClFN2O/c13-9-4-1-3-8(11(9)14)7-16-6-2-5-10(15)12(16)17/h1-6H,7,15H2. The van der Waals surface area contributed by atoms with Crippen LogP contribution in [-0.2, 0) is 6.54 Å². The number of rotatable bonds is 2. The first-order valence-electron chi connectivity index (χ1n) is 4.97. The highest BCUT2D eigenvalue weighted by Crippen LogP contribution is 2.18. The van der Waals surface area contributed by atoms with Crippen molar-refractivity contribution >= 4 is 17.3 Å². The fourth-order valence-corrected chi connectivity index (χ4v) is 1.73. The largest absolute Gasteiger partial charge is 0.394 e. The van der Waals surface area contributed by atoms with E-state index in [4.69, 9.17) is 17.3 Å². The lowest BCUT2D eigenvalue weighted by Gasteiger charge is -2.08. The highest BCUT2D eigenvalue weighted by atomic mass is 35.5. The van der Waals surface area contributed by atoms with E-state index >= 15 is 0 Å². The van der Waals surface area contributed by atoms with E-state index in [1.54, 1.807) is 24.4 Å². The van der Waals surface area contributed by atoms with Crippen LogP contribution >= 0.6 is 11.6 Å². The Labute approximate surface area is 102 Å². The molecule has 2 rings (SSSR count). The normalized spacial score (nSPS) is 10.5. The summed E-state index contributed by atoms with van der Waals surface area (Å²) < 4.78 is 15.0. The summed E-state index contributed by atoms with van der Waals surface area (Å²) in [4.78, 5) is 11.7. The molecule has 0 saturated carbocycles. The molecular formula is C12H10ClFN2O. The molecule has 1 aromatic carbocycles. The molecule has 2 N–H and O–H groups in total. The van der Waals surface area contributed by atoms with Gasteiger partial charge in [0.2, 0.25) is 0 Å². The topological polar surface area (TPSA) is 48.0 Å². The summed E-state index contributed by atoms with van der Waals surface area (Å²) in [5.41, 5.74) is 5.63. The number of aromatic nitrogens is 1. The number of hydrogen-bond donors (Lipinski definition) is 1. The van der Waals surface area contributed by atoms with Gasteiger partial charge in [-0.1, -0.05) is 23.7 Å². The van der Waals surface area contributed by atoms with Gasteiger partial charge in [-0.15, -0.1) is 0 Å². The third-order valence-corrected chi connectivity index (χ3v) is 2.71. The van der Waals surface area contributed by atoms with Gasteiger partial charge < -0.3 is 10.3 Å². The van der Waals surface area contributed by atoms with Gasteiger partial charge in [0.1, 0.15) is 5.82 Å². The number of halogens is 2. The maximum Gasteiger partial charge on any atom is 0.273 e. The van der Waals surface area contributed by atoms with Crippen LogP contribution in [0.1, 0.15) is 5.56 Å². The van der Waals surface area contributed by atoms with Gasteiger partial charge in [-0.05, 0) is 18.2 Å². The first-order chi connectivity index (χ1) is 8.09. The molecule has 2 aromatic rings. The third kappa shape index (κ3) is 2.31. The van der Waals surface area contributed by atoms with Crippen LogP contribution in [0, 0.1) is 5.82 Å². The Hall–Kier alpha value is -1.81. The lowest BCUT2D eigenvalue weighted by molar-refractivity contribution is 0.597. The highest BCUT2D eigenvalue weighted by molar-refractivity contribution is 6.30. The quantitative estimate of drug-likeness (QED) is 0.891. The molecule has 0 aliphatic rings. The van der Waals surface area contributed by atoms with E-state index in [-0.39, 0.29) is 22.8 Å². The van der Waals surface area contributed by atoms with Crippen molar-refractivity contribution in [1.29, 1.82) is 0 Å². The van der Waals surface area contributed by atoms with E-state index in [1.165, 1.54) is 16.7 Å². The third-order valence-electron chi connectivity index (χ3n) is 2.42. The summed E-state index contributed by atoms with van der Waals surface area (Å²) >= 11 is 5.66. The molecule has 0 bridgehead atoms. The zero-order valence-electron chi connectivity index (χ0n) is 8.86. The number of nitrogens with two attached hydrogens (primary N) is 1. The molecule has 0 amide bonds. The van der Waals surface area contributed by atoms with Gasteiger partial charge in [0.25, 0.3) is 5.56 Å². The van der Waals surface area contributed by atoms with E-state index in [1.807, 2.05) is 0 Å². The van der Waals surface area contributed by atoms with Gasteiger partial charge in [0, 0.05) is 11.8 Å². The molecule has 0 fully saturated rings. The molecule has 0 aliphatic carbocycles. The minimum absolute atomic E-state index is 0.0412. The molecular weight excluding hydrogens is 243 g/mol. The van der Waals surface area contributed by atoms with Crippen molar-refractivity contribution in [3.63, 3.8) is 0 Å². The first-order valence-corrected chi connectivity index (χ1v) is 5.35. The summed E-state index contributed by atoms with van der Waals surface area (Å²) in [6, 6.07) is 7.82. The SMILES string of the molecule is Nc1cccn(Cc2cccc(Cl)c2F)c1=O. The molecule has 0 aliphatic heterocycles. The zero-order valence-corrected chi connectivity index (χ0v) is 9.62. The predicted molar refractivity (Wildman–Crippen MR) is 65.6 cm³/mol. The van der Waals surface area contributed by atoms with E-state index in [9.17, 15) is 9.18 Å². The molecule has 5 heteroatoms. The van der Waals surface area contributed by atoms with Gasteiger partial charge in [-0.2, -0.15) is 0 Å². The number of pyridine rings is 1. The molecule has 0 radical (unpaired) electrons. The molecule has 0 saturated heterocycles. The van der Waals surface area contributed by atoms with Gasteiger partial charge >= 0.3 is 0 Å². The van der Waals surface area contributed by atoms with Crippen LogP contribution in [0.15, 0.2) is 41.3 Å². The van der Waals surface area contributed by atoms with Crippen molar-refractivity contribution in [2.75, 3.05) is 5.73 Å². The Morgan fingerprint density at radius 3 is 2.82 bits per heavy atom. The minimum atomic E-state index is -0.511. The Morgan fingerprint density at radius 1 is 1.29 bits per heavy atom. The van der Waals surface area contributed by atoms with E-state index in [2.05, 4.69) is 0 Å². The highest BCUT2D eigenvalue weighted by Gasteiger charge is 2.08. The van der Waals surface area contributed by atoms with E-state index < -0.39 is 5.82 Å². The molecule has 88 valence electrons. The summed E-state index contributed by atoms with van der Waals surface area (Å²) in [5.74, 6) is -0.511.